The topological polar surface area (TPSA) is 186 Å². The number of alkyl carbamates (subject to hydrolysis) is 1. The van der Waals surface area contributed by atoms with Gasteiger partial charge < -0.3 is 40.2 Å². The van der Waals surface area contributed by atoms with Crippen molar-refractivity contribution in [1.82, 2.24) is 40.4 Å². The molecule has 8 atom stereocenters. The number of aromatic nitrogens is 4. The number of H-pyrrole nitrogens is 2. The average molecular weight is 807 g/mol. The number of fused-ring (bicyclic) bond motifs is 4. The van der Waals surface area contributed by atoms with Crippen LogP contribution in [0.1, 0.15) is 77.1 Å². The third-order valence-electron chi connectivity index (χ3n) is 12.6. The Bertz CT molecular complexity index is 2480. The van der Waals surface area contributed by atoms with Gasteiger partial charge in [0.15, 0.2) is 5.15 Å². The van der Waals surface area contributed by atoms with Crippen molar-refractivity contribution >= 4 is 57.4 Å². The molecule has 2 saturated carbocycles. The minimum Gasteiger partial charge on any atom is -0.465 e. The number of aromatic amines is 2. The SMILES string of the molecule is COC(=O)N[C@H](C(=O)N1[C@@H]2C[C@@H]2C[C@H]1c1nc(Cl)c(-c2ccc3cc(-c4ccc5[nH]c([C@@H]6C[C@H]7C[C@H]7N6C(=O)[C@@H](NC(=O)O)C(C)C)nc5c4)ccc3c2)[nH]1)C(C)C. The van der Waals surface area contributed by atoms with Gasteiger partial charge in [-0.05, 0) is 95.5 Å². The number of imidazole rings is 2. The van der Waals surface area contributed by atoms with Crippen LogP contribution in [0.15, 0.2) is 54.6 Å². The van der Waals surface area contributed by atoms with E-state index in [-0.39, 0.29) is 47.8 Å². The molecule has 15 heteroatoms. The minimum absolute atomic E-state index is 0.113. The predicted molar refractivity (Wildman–Crippen MR) is 218 cm³/mol. The van der Waals surface area contributed by atoms with Gasteiger partial charge in [0, 0.05) is 17.6 Å². The number of amides is 4. The first-order valence-corrected chi connectivity index (χ1v) is 20.4. The van der Waals surface area contributed by atoms with Gasteiger partial charge >= 0.3 is 12.2 Å². The van der Waals surface area contributed by atoms with Gasteiger partial charge in [0.2, 0.25) is 11.8 Å². The summed E-state index contributed by atoms with van der Waals surface area (Å²) in [7, 11) is 1.29. The number of ether oxygens (including phenoxy) is 1. The van der Waals surface area contributed by atoms with Gasteiger partial charge in [-0.15, -0.1) is 0 Å². The maximum absolute atomic E-state index is 13.9. The molecule has 3 aromatic carbocycles. The van der Waals surface area contributed by atoms with E-state index in [9.17, 15) is 24.3 Å². The highest BCUT2D eigenvalue weighted by Crippen LogP contribution is 2.55. The zero-order valence-electron chi connectivity index (χ0n) is 33.0. The first-order chi connectivity index (χ1) is 27.8. The highest BCUT2D eigenvalue weighted by atomic mass is 35.5. The second kappa shape index (κ2) is 14.3. The highest BCUT2D eigenvalue weighted by Gasteiger charge is 2.57. The van der Waals surface area contributed by atoms with E-state index < -0.39 is 24.3 Å². The average Bonchev–Trinajstić information content (AvgIpc) is 3.88. The fraction of sp³-hybridized carbons (Fsp3) is 0.442. The number of halogens is 1. The molecule has 4 heterocycles. The third kappa shape index (κ3) is 6.70. The summed E-state index contributed by atoms with van der Waals surface area (Å²) >= 11 is 6.79. The van der Waals surface area contributed by atoms with Crippen molar-refractivity contribution in [2.45, 2.75) is 89.6 Å². The Hall–Kier alpha value is -5.63. The van der Waals surface area contributed by atoms with Gasteiger partial charge in [0.1, 0.15) is 23.7 Å². The molecule has 2 saturated heterocycles. The standard InChI is InChI=1S/C43H47ClN8O6/c1-19(2)34(48-42(55)56)40(53)51-30-15-26(30)17-32(51)38-45-28-11-10-24(14-29(28)46-38)22-6-7-23-13-25(9-8-21(23)12-22)36-37(44)50-39(47-36)33-18-27-16-31(27)52(33)41(54)35(20(3)4)49-43(57)58-5/h6-14,19-20,26-27,30-35,48H,15-18H2,1-5H3,(H,45,46)(H,47,50)(H,49,57)(H,55,56)/t26-,27-,30-,31-,32+,33+,34+,35+/m1/s1. The van der Waals surface area contributed by atoms with Crippen molar-refractivity contribution in [2.24, 2.45) is 23.7 Å². The molecule has 5 N–H and O–H groups in total. The number of nitrogens with one attached hydrogen (secondary N) is 4. The van der Waals surface area contributed by atoms with Crippen molar-refractivity contribution in [3.63, 3.8) is 0 Å². The molecule has 4 fully saturated rings. The summed E-state index contributed by atoms with van der Waals surface area (Å²) in [6.07, 6.45) is 1.61. The zero-order chi connectivity index (χ0) is 40.7. The molecule has 2 aliphatic heterocycles. The quantitative estimate of drug-likeness (QED) is 0.0965. The van der Waals surface area contributed by atoms with Crippen LogP contribution in [0.2, 0.25) is 5.15 Å². The summed E-state index contributed by atoms with van der Waals surface area (Å²) in [6.45, 7) is 7.50. The molecule has 4 aliphatic rings. The number of hydrogen-bond donors (Lipinski definition) is 5. The summed E-state index contributed by atoms with van der Waals surface area (Å²) in [4.78, 5) is 71.5. The monoisotopic (exact) mass is 806 g/mol. The van der Waals surface area contributed by atoms with Crippen LogP contribution in [-0.4, -0.2) is 90.1 Å². The van der Waals surface area contributed by atoms with Crippen molar-refractivity contribution in [1.29, 1.82) is 0 Å². The Kier molecular flexibility index (Phi) is 9.37. The van der Waals surface area contributed by atoms with Crippen molar-refractivity contribution in [2.75, 3.05) is 7.11 Å². The number of rotatable bonds is 10. The highest BCUT2D eigenvalue weighted by molar-refractivity contribution is 6.32. The van der Waals surface area contributed by atoms with E-state index in [1.807, 2.05) is 49.6 Å². The first kappa shape index (κ1) is 37.9. The largest absolute Gasteiger partial charge is 0.465 e. The van der Waals surface area contributed by atoms with Crippen molar-refractivity contribution < 1.29 is 29.0 Å². The van der Waals surface area contributed by atoms with Crippen LogP contribution in [0.5, 0.6) is 0 Å². The molecule has 0 bridgehead atoms. The molecular weight excluding hydrogens is 760 g/mol. The second-order valence-electron chi connectivity index (χ2n) is 17.1. The van der Waals surface area contributed by atoms with E-state index in [2.05, 4.69) is 63.1 Å². The molecule has 14 nitrogen and oxygen atoms in total. The number of benzene rings is 3. The molecule has 0 unspecified atom stereocenters. The Labute approximate surface area is 340 Å². The fourth-order valence-corrected chi connectivity index (χ4v) is 9.61. The molecule has 4 amide bonds. The molecule has 58 heavy (non-hydrogen) atoms. The first-order valence-electron chi connectivity index (χ1n) is 20.1. The smallest absolute Gasteiger partial charge is 0.407 e. The van der Waals surface area contributed by atoms with Gasteiger partial charge in [-0.3, -0.25) is 9.59 Å². The van der Waals surface area contributed by atoms with E-state index in [0.29, 0.717) is 28.5 Å². The lowest BCUT2D eigenvalue weighted by Crippen LogP contribution is -2.52. The van der Waals surface area contributed by atoms with Crippen LogP contribution in [-0.2, 0) is 14.3 Å². The van der Waals surface area contributed by atoms with Crippen molar-refractivity contribution in [3.8, 4) is 22.4 Å². The van der Waals surface area contributed by atoms with Crippen LogP contribution in [0.3, 0.4) is 0 Å². The lowest BCUT2D eigenvalue weighted by atomic mass is 9.99. The lowest BCUT2D eigenvalue weighted by Gasteiger charge is -2.31. The van der Waals surface area contributed by atoms with Crippen molar-refractivity contribution in [3.05, 3.63) is 71.4 Å². The summed E-state index contributed by atoms with van der Waals surface area (Å²) in [5, 5.41) is 17.0. The number of carbonyl (C=O) groups excluding carboxylic acids is 3. The van der Waals surface area contributed by atoms with E-state index in [1.165, 1.54) is 7.11 Å². The van der Waals surface area contributed by atoms with Gasteiger partial charge in [-0.25, -0.2) is 19.6 Å². The number of likely N-dealkylation sites (tertiary alicyclic amines) is 2. The van der Waals surface area contributed by atoms with E-state index in [1.54, 1.807) is 0 Å². The number of methoxy groups -OCH3 is 1. The number of nitrogens with zero attached hydrogens (tertiary/aromatic N) is 4. The predicted octanol–water partition coefficient (Wildman–Crippen LogP) is 7.42. The van der Waals surface area contributed by atoms with Crippen LogP contribution < -0.4 is 10.6 Å². The van der Waals surface area contributed by atoms with Gasteiger partial charge in [-0.1, -0.05) is 69.6 Å². The Balaban J connectivity index is 0.941. The Morgan fingerprint density at radius 3 is 1.86 bits per heavy atom. The molecule has 302 valence electrons. The van der Waals surface area contributed by atoms with E-state index in [4.69, 9.17) is 26.3 Å². The summed E-state index contributed by atoms with van der Waals surface area (Å²) in [5.41, 5.74) is 5.25. The molecule has 0 spiro atoms. The molecule has 0 radical (unpaired) electrons. The van der Waals surface area contributed by atoms with Crippen LogP contribution >= 0.6 is 11.6 Å². The molecule has 2 aromatic heterocycles. The zero-order valence-corrected chi connectivity index (χ0v) is 33.7. The summed E-state index contributed by atoms with van der Waals surface area (Å²) in [5.74, 6) is 1.48. The maximum Gasteiger partial charge on any atom is 0.407 e. The van der Waals surface area contributed by atoms with Crippen LogP contribution in [0, 0.1) is 23.7 Å². The normalized spacial score (nSPS) is 24.2. The van der Waals surface area contributed by atoms with E-state index >= 15 is 0 Å². The molecule has 2 aliphatic carbocycles. The van der Waals surface area contributed by atoms with Gasteiger partial charge in [-0.2, -0.15) is 0 Å². The Morgan fingerprint density at radius 2 is 1.28 bits per heavy atom. The summed E-state index contributed by atoms with van der Waals surface area (Å²) < 4.78 is 4.80. The number of hydrogen-bond acceptors (Lipinski definition) is 7. The second-order valence-corrected chi connectivity index (χ2v) is 17.4. The molecule has 5 aromatic rings. The van der Waals surface area contributed by atoms with Crippen LogP contribution in [0.25, 0.3) is 44.2 Å². The molecule has 9 rings (SSSR count). The van der Waals surface area contributed by atoms with E-state index in [0.717, 1.165) is 70.0 Å². The minimum atomic E-state index is -1.21. The lowest BCUT2D eigenvalue weighted by molar-refractivity contribution is -0.137. The summed E-state index contributed by atoms with van der Waals surface area (Å²) in [6, 6.07) is 16.7. The third-order valence-corrected chi connectivity index (χ3v) is 12.9. The van der Waals surface area contributed by atoms with Gasteiger partial charge in [0.05, 0.1) is 35.9 Å². The van der Waals surface area contributed by atoms with Crippen LogP contribution in [0.4, 0.5) is 9.59 Å². The maximum atomic E-state index is 13.9. The van der Waals surface area contributed by atoms with Gasteiger partial charge in [0.25, 0.3) is 0 Å². The number of piperidine rings is 2. The fourth-order valence-electron chi connectivity index (χ4n) is 9.36. The number of carboxylic acid groups (broad SMARTS) is 1. The molecular formula is C43H47ClN8O6. The number of carbonyl (C=O) groups is 4. The Morgan fingerprint density at radius 1 is 0.741 bits per heavy atom.